The molecule has 0 radical (unpaired) electrons. The molecule has 2 N–H and O–H groups in total. The number of hydrogen-bond donors (Lipinski definition) is 2. The van der Waals surface area contributed by atoms with E-state index in [0.29, 0.717) is 23.2 Å². The molecule has 5 nitrogen and oxygen atoms in total. The van der Waals surface area contributed by atoms with E-state index >= 15 is 0 Å². The van der Waals surface area contributed by atoms with Crippen LogP contribution in [0.2, 0.25) is 5.02 Å². The van der Waals surface area contributed by atoms with Crippen LogP contribution in [0.1, 0.15) is 32.1 Å². The average molecular weight is 452 g/mol. The van der Waals surface area contributed by atoms with Crippen molar-refractivity contribution < 1.29 is 19.7 Å². The van der Waals surface area contributed by atoms with Crippen LogP contribution in [-0.4, -0.2) is 47.4 Å². The molecule has 1 fully saturated rings. The van der Waals surface area contributed by atoms with Crippen molar-refractivity contribution in [2.45, 2.75) is 33.7 Å². The van der Waals surface area contributed by atoms with Crippen LogP contribution in [0.3, 0.4) is 0 Å². The van der Waals surface area contributed by atoms with E-state index in [1.165, 1.54) is 4.88 Å². The zero-order chi connectivity index (χ0) is 21.9. The topological polar surface area (TPSA) is 70.0 Å². The normalized spacial score (nSPS) is 20.3. The van der Waals surface area contributed by atoms with Gasteiger partial charge < -0.3 is 14.9 Å². The Balaban J connectivity index is 1.78. The molecule has 30 heavy (non-hydrogen) atoms. The summed E-state index contributed by atoms with van der Waals surface area (Å²) in [6.45, 7) is 8.97. The summed E-state index contributed by atoms with van der Waals surface area (Å²) < 4.78 is 5.67. The molecule has 1 aromatic heterocycles. The molecule has 164 valence electrons. The molecule has 0 aliphatic carbocycles. The summed E-state index contributed by atoms with van der Waals surface area (Å²) in [5.41, 5.74) is 0.981. The second kappa shape index (κ2) is 9.69. The summed E-state index contributed by atoms with van der Waals surface area (Å²) in [7, 11) is 0. The number of carboxylic acid groups (broad SMARTS) is 1. The van der Waals surface area contributed by atoms with Gasteiger partial charge in [-0.15, -0.1) is 11.3 Å². The Bertz CT molecular complexity index is 876. The van der Waals surface area contributed by atoms with Gasteiger partial charge in [0.15, 0.2) is 0 Å². The molecule has 2 atom stereocenters. The monoisotopic (exact) mass is 451 g/mol. The lowest BCUT2D eigenvalue weighted by atomic mass is 9.73. The number of thiophene rings is 1. The Kier molecular flexibility index (Phi) is 7.45. The van der Waals surface area contributed by atoms with E-state index in [2.05, 4.69) is 37.8 Å². The summed E-state index contributed by atoms with van der Waals surface area (Å²) in [6.07, 6.45) is 0.735. The number of benzene rings is 1. The van der Waals surface area contributed by atoms with E-state index in [9.17, 15) is 9.90 Å². The van der Waals surface area contributed by atoms with Crippen LogP contribution in [0.15, 0.2) is 30.3 Å². The molecular weight excluding hydrogens is 422 g/mol. The number of hydrogen-bond acceptors (Lipinski definition) is 5. The quantitative estimate of drug-likeness (QED) is 0.619. The van der Waals surface area contributed by atoms with Gasteiger partial charge >= 0.3 is 5.97 Å². The first-order valence-corrected chi connectivity index (χ1v) is 11.4. The lowest BCUT2D eigenvalue weighted by molar-refractivity contribution is -0.145. The Morgan fingerprint density at radius 2 is 2.03 bits per heavy atom. The fourth-order valence-electron chi connectivity index (χ4n) is 3.93. The summed E-state index contributed by atoms with van der Waals surface area (Å²) in [4.78, 5) is 16.2. The van der Waals surface area contributed by atoms with E-state index in [-0.39, 0.29) is 24.5 Å². The summed E-state index contributed by atoms with van der Waals surface area (Å²) in [5.74, 6) is 0.0102. The molecule has 1 aliphatic heterocycles. The predicted octanol–water partition coefficient (Wildman–Crippen LogP) is 5.01. The third kappa shape index (κ3) is 5.76. The van der Waals surface area contributed by atoms with Crippen molar-refractivity contribution in [2.24, 2.45) is 17.3 Å². The van der Waals surface area contributed by atoms with E-state index in [1.807, 2.05) is 12.1 Å². The van der Waals surface area contributed by atoms with Crippen LogP contribution in [-0.2, 0) is 11.3 Å². The van der Waals surface area contributed by atoms with Gasteiger partial charge in [-0.3, -0.25) is 9.69 Å². The van der Waals surface area contributed by atoms with E-state index in [1.54, 1.807) is 17.4 Å². The molecule has 0 spiro atoms. The second-order valence-corrected chi connectivity index (χ2v) is 10.6. The van der Waals surface area contributed by atoms with Crippen molar-refractivity contribution in [2.75, 3.05) is 26.3 Å². The lowest BCUT2D eigenvalue weighted by Crippen LogP contribution is -2.46. The van der Waals surface area contributed by atoms with Crippen molar-refractivity contribution in [1.29, 1.82) is 0 Å². The van der Waals surface area contributed by atoms with Crippen molar-refractivity contribution in [1.82, 2.24) is 4.90 Å². The molecular formula is C23H30ClNO4S. The zero-order valence-corrected chi connectivity index (χ0v) is 19.3. The van der Waals surface area contributed by atoms with Crippen LogP contribution in [0, 0.1) is 17.3 Å². The number of nitrogens with zero attached hydrogens (tertiary/aromatic N) is 1. The van der Waals surface area contributed by atoms with Gasteiger partial charge in [0.2, 0.25) is 0 Å². The Morgan fingerprint density at radius 3 is 2.70 bits per heavy atom. The van der Waals surface area contributed by atoms with Crippen LogP contribution in [0.4, 0.5) is 0 Å². The van der Waals surface area contributed by atoms with Gasteiger partial charge in [-0.1, -0.05) is 32.4 Å². The number of piperidine rings is 1. The predicted molar refractivity (Wildman–Crippen MR) is 121 cm³/mol. The number of likely N-dealkylation sites (tertiary alicyclic amines) is 1. The van der Waals surface area contributed by atoms with E-state index < -0.39 is 5.97 Å². The highest BCUT2D eigenvalue weighted by molar-refractivity contribution is 7.15. The first kappa shape index (κ1) is 23.1. The summed E-state index contributed by atoms with van der Waals surface area (Å²) >= 11 is 7.87. The number of rotatable bonds is 7. The van der Waals surface area contributed by atoms with Gasteiger partial charge in [0, 0.05) is 40.0 Å². The molecule has 2 heterocycles. The average Bonchev–Trinajstić information content (AvgIpc) is 3.14. The van der Waals surface area contributed by atoms with Crippen molar-refractivity contribution >= 4 is 28.9 Å². The number of carbonyl (C=O) groups is 1. The van der Waals surface area contributed by atoms with Crippen molar-refractivity contribution in [3.8, 4) is 16.2 Å². The van der Waals surface area contributed by atoms with E-state index in [4.69, 9.17) is 21.4 Å². The first-order valence-electron chi connectivity index (χ1n) is 10.2. The SMILES string of the molecule is CC(C)(C)[C@@H]1C[C@@H](C(=O)O)CN(Cc2ccc(-c3cc(Cl)ccc3OCCO)s2)C1. The number of carboxylic acids is 1. The molecule has 1 aliphatic rings. The summed E-state index contributed by atoms with van der Waals surface area (Å²) in [6, 6.07) is 9.62. The third-order valence-electron chi connectivity index (χ3n) is 5.70. The number of halogens is 1. The zero-order valence-electron chi connectivity index (χ0n) is 17.7. The fraction of sp³-hybridized carbons (Fsp3) is 0.522. The van der Waals surface area contributed by atoms with Gasteiger partial charge in [0.1, 0.15) is 12.4 Å². The van der Waals surface area contributed by atoms with Gasteiger partial charge in [-0.05, 0) is 48.1 Å². The highest BCUT2D eigenvalue weighted by Gasteiger charge is 2.37. The minimum atomic E-state index is -0.703. The Morgan fingerprint density at radius 1 is 1.27 bits per heavy atom. The van der Waals surface area contributed by atoms with Gasteiger partial charge in [0.05, 0.1) is 12.5 Å². The molecule has 0 unspecified atom stereocenters. The second-order valence-electron chi connectivity index (χ2n) is 9.01. The van der Waals surface area contributed by atoms with Crippen molar-refractivity contribution in [3.63, 3.8) is 0 Å². The maximum Gasteiger partial charge on any atom is 0.307 e. The van der Waals surface area contributed by atoms with Crippen molar-refractivity contribution in [3.05, 3.63) is 40.2 Å². The van der Waals surface area contributed by atoms with Gasteiger partial charge in [0.25, 0.3) is 0 Å². The Hall–Kier alpha value is -1.60. The number of ether oxygens (including phenoxy) is 1. The standard InChI is InChI=1S/C23H30ClNO4S/c1-23(2,3)16-10-15(22(27)28)12-25(13-16)14-18-5-7-21(30-18)19-11-17(24)4-6-20(19)29-9-8-26/h4-7,11,15-16,26H,8-10,12-14H2,1-3H3,(H,27,28)/t15-,16-/m1/s1. The molecule has 2 aromatic rings. The van der Waals surface area contributed by atoms with Crippen LogP contribution < -0.4 is 4.74 Å². The number of aliphatic hydroxyl groups excluding tert-OH is 1. The maximum atomic E-state index is 11.7. The molecule has 0 bridgehead atoms. The number of aliphatic carboxylic acids is 1. The largest absolute Gasteiger partial charge is 0.491 e. The summed E-state index contributed by atoms with van der Waals surface area (Å²) in [5, 5.41) is 19.3. The molecule has 7 heteroatoms. The third-order valence-corrected chi connectivity index (χ3v) is 7.04. The van der Waals surface area contributed by atoms with Crippen LogP contribution in [0.25, 0.3) is 10.4 Å². The fourth-order valence-corrected chi connectivity index (χ4v) is 5.17. The first-order chi connectivity index (χ1) is 14.2. The van der Waals surface area contributed by atoms with Crippen LogP contribution >= 0.6 is 22.9 Å². The molecule has 1 aromatic carbocycles. The lowest BCUT2D eigenvalue weighted by Gasteiger charge is -2.42. The molecule has 1 saturated heterocycles. The highest BCUT2D eigenvalue weighted by atomic mass is 35.5. The van der Waals surface area contributed by atoms with Gasteiger partial charge in [-0.2, -0.15) is 0 Å². The highest BCUT2D eigenvalue weighted by Crippen LogP contribution is 2.39. The Labute approximate surface area is 187 Å². The van der Waals surface area contributed by atoms with Gasteiger partial charge in [-0.25, -0.2) is 0 Å². The van der Waals surface area contributed by atoms with Crippen LogP contribution in [0.5, 0.6) is 5.75 Å². The smallest absolute Gasteiger partial charge is 0.307 e. The molecule has 0 saturated carbocycles. The molecule has 0 amide bonds. The molecule has 3 rings (SSSR count). The van der Waals surface area contributed by atoms with E-state index in [0.717, 1.165) is 30.0 Å². The minimum absolute atomic E-state index is 0.0492. The maximum absolute atomic E-state index is 11.7. The minimum Gasteiger partial charge on any atom is -0.491 e. The number of aliphatic hydroxyl groups is 1.